The van der Waals surface area contributed by atoms with Crippen molar-refractivity contribution in [3.63, 3.8) is 0 Å². The molecule has 2 N–H and O–H groups in total. The first-order valence-electron chi connectivity index (χ1n) is 6.42. The molecule has 0 bridgehead atoms. The standard InChI is InChI=1S/C16H18N2S2/c1-11-4-9-15(12(2)10-11)20-14-7-5-13(6-8-14)18-16(19)17-3/h4-10H,1-3H3,(H2,17,18,19). The predicted molar refractivity (Wildman–Crippen MR) is 91.8 cm³/mol. The Balaban J connectivity index is 2.08. The minimum Gasteiger partial charge on any atom is -0.366 e. The van der Waals surface area contributed by atoms with Crippen LogP contribution < -0.4 is 10.6 Å². The molecule has 0 radical (unpaired) electrons. The van der Waals surface area contributed by atoms with Crippen LogP contribution in [0.3, 0.4) is 0 Å². The highest BCUT2D eigenvalue weighted by molar-refractivity contribution is 7.99. The van der Waals surface area contributed by atoms with Crippen molar-refractivity contribution < 1.29 is 0 Å². The van der Waals surface area contributed by atoms with Gasteiger partial charge in [-0.2, -0.15) is 0 Å². The summed E-state index contributed by atoms with van der Waals surface area (Å²) < 4.78 is 0. The Labute approximate surface area is 130 Å². The molecular formula is C16H18N2S2. The molecular weight excluding hydrogens is 284 g/mol. The average Bonchev–Trinajstić information content (AvgIpc) is 2.44. The maximum atomic E-state index is 5.08. The Bertz CT molecular complexity index is 606. The van der Waals surface area contributed by atoms with Gasteiger partial charge >= 0.3 is 0 Å². The van der Waals surface area contributed by atoms with Crippen LogP contribution in [0.4, 0.5) is 5.69 Å². The van der Waals surface area contributed by atoms with E-state index in [2.05, 4.69) is 54.8 Å². The van der Waals surface area contributed by atoms with Crippen molar-refractivity contribution >= 4 is 34.8 Å². The lowest BCUT2D eigenvalue weighted by atomic mass is 10.2. The van der Waals surface area contributed by atoms with Gasteiger partial charge in [0.25, 0.3) is 0 Å². The maximum Gasteiger partial charge on any atom is 0.170 e. The third kappa shape index (κ3) is 3.99. The summed E-state index contributed by atoms with van der Waals surface area (Å²) in [6, 6.07) is 14.8. The van der Waals surface area contributed by atoms with Gasteiger partial charge in [-0.25, -0.2) is 0 Å². The molecule has 0 aliphatic heterocycles. The Morgan fingerprint density at radius 2 is 1.75 bits per heavy atom. The Kier molecular flexibility index (Phi) is 5.04. The SMILES string of the molecule is CNC(=S)Nc1ccc(Sc2ccc(C)cc2C)cc1. The zero-order valence-electron chi connectivity index (χ0n) is 11.9. The van der Waals surface area contributed by atoms with Gasteiger partial charge in [-0.15, -0.1) is 0 Å². The summed E-state index contributed by atoms with van der Waals surface area (Å²) >= 11 is 6.86. The van der Waals surface area contributed by atoms with Crippen LogP contribution in [0.5, 0.6) is 0 Å². The van der Waals surface area contributed by atoms with E-state index in [0.717, 1.165) is 5.69 Å². The second-order valence-corrected chi connectivity index (χ2v) is 6.12. The monoisotopic (exact) mass is 302 g/mol. The average molecular weight is 302 g/mol. The Hall–Kier alpha value is -1.52. The lowest BCUT2D eigenvalue weighted by Crippen LogP contribution is -2.23. The fourth-order valence-corrected chi connectivity index (χ4v) is 2.84. The van der Waals surface area contributed by atoms with Crippen molar-refractivity contribution in [1.82, 2.24) is 5.32 Å². The van der Waals surface area contributed by atoms with Crippen molar-refractivity contribution in [1.29, 1.82) is 0 Å². The molecule has 0 heterocycles. The van der Waals surface area contributed by atoms with Gasteiger partial charge in [0.1, 0.15) is 0 Å². The van der Waals surface area contributed by atoms with E-state index in [1.165, 1.54) is 20.9 Å². The summed E-state index contributed by atoms with van der Waals surface area (Å²) in [4.78, 5) is 2.51. The van der Waals surface area contributed by atoms with Crippen molar-refractivity contribution in [3.8, 4) is 0 Å². The van der Waals surface area contributed by atoms with Gasteiger partial charge in [0.2, 0.25) is 0 Å². The molecule has 2 aromatic rings. The molecule has 2 nitrogen and oxygen atoms in total. The third-order valence-corrected chi connectivity index (χ3v) is 4.39. The minimum atomic E-state index is 0.625. The van der Waals surface area contributed by atoms with Crippen LogP contribution in [0.2, 0.25) is 0 Å². The number of thiocarbonyl (C=S) groups is 1. The molecule has 0 aliphatic rings. The van der Waals surface area contributed by atoms with Gasteiger partial charge < -0.3 is 10.6 Å². The molecule has 2 rings (SSSR count). The van der Waals surface area contributed by atoms with Crippen molar-refractivity contribution in [3.05, 3.63) is 53.6 Å². The van der Waals surface area contributed by atoms with Gasteiger partial charge in [-0.3, -0.25) is 0 Å². The number of hydrogen-bond donors (Lipinski definition) is 2. The van der Waals surface area contributed by atoms with Gasteiger partial charge in [-0.05, 0) is 62.0 Å². The van der Waals surface area contributed by atoms with Crippen LogP contribution in [-0.4, -0.2) is 12.2 Å². The smallest absolute Gasteiger partial charge is 0.170 e. The number of rotatable bonds is 3. The van der Waals surface area contributed by atoms with Crippen LogP contribution in [0.25, 0.3) is 0 Å². The third-order valence-electron chi connectivity index (χ3n) is 2.90. The first-order valence-corrected chi connectivity index (χ1v) is 7.65. The van der Waals surface area contributed by atoms with E-state index in [0.29, 0.717) is 5.11 Å². The van der Waals surface area contributed by atoms with Crippen LogP contribution >= 0.6 is 24.0 Å². The lowest BCUT2D eigenvalue weighted by Gasteiger charge is -2.09. The topological polar surface area (TPSA) is 24.1 Å². The number of aryl methyl sites for hydroxylation is 2. The highest BCUT2D eigenvalue weighted by atomic mass is 32.2. The summed E-state index contributed by atoms with van der Waals surface area (Å²) in [6.07, 6.45) is 0. The van der Waals surface area contributed by atoms with Gasteiger partial charge in [0.15, 0.2) is 5.11 Å². The minimum absolute atomic E-state index is 0.625. The summed E-state index contributed by atoms with van der Waals surface area (Å²) in [5.41, 5.74) is 3.61. The molecule has 0 aliphatic carbocycles. The summed E-state index contributed by atoms with van der Waals surface area (Å²) in [7, 11) is 1.81. The predicted octanol–water partition coefficient (Wildman–Crippen LogP) is 4.37. The zero-order chi connectivity index (χ0) is 14.5. The van der Waals surface area contributed by atoms with Gasteiger partial charge in [0, 0.05) is 22.5 Å². The van der Waals surface area contributed by atoms with E-state index in [1.807, 2.05) is 12.1 Å². The van der Waals surface area contributed by atoms with Crippen molar-refractivity contribution in [2.24, 2.45) is 0 Å². The molecule has 104 valence electrons. The van der Waals surface area contributed by atoms with Crippen LogP contribution in [0.15, 0.2) is 52.3 Å². The lowest BCUT2D eigenvalue weighted by molar-refractivity contribution is 1.19. The first-order chi connectivity index (χ1) is 9.58. The van der Waals surface area contributed by atoms with Gasteiger partial charge in [-0.1, -0.05) is 29.5 Å². The molecule has 0 spiro atoms. The van der Waals surface area contributed by atoms with E-state index < -0.39 is 0 Å². The molecule has 0 amide bonds. The normalized spacial score (nSPS) is 10.2. The number of benzene rings is 2. The van der Waals surface area contributed by atoms with Gasteiger partial charge in [0.05, 0.1) is 0 Å². The zero-order valence-corrected chi connectivity index (χ0v) is 13.5. The molecule has 20 heavy (non-hydrogen) atoms. The second-order valence-electron chi connectivity index (χ2n) is 4.60. The number of nitrogens with one attached hydrogen (secondary N) is 2. The van der Waals surface area contributed by atoms with Crippen molar-refractivity contribution in [2.45, 2.75) is 23.6 Å². The molecule has 0 unspecified atom stereocenters. The molecule has 0 atom stereocenters. The van der Waals surface area contributed by atoms with Crippen LogP contribution in [-0.2, 0) is 0 Å². The summed E-state index contributed by atoms with van der Waals surface area (Å²) in [6.45, 7) is 4.27. The molecule has 0 saturated heterocycles. The van der Waals surface area contributed by atoms with Crippen LogP contribution in [0, 0.1) is 13.8 Å². The Morgan fingerprint density at radius 1 is 1.05 bits per heavy atom. The highest BCUT2D eigenvalue weighted by Crippen LogP contribution is 2.31. The van der Waals surface area contributed by atoms with E-state index in [9.17, 15) is 0 Å². The second kappa shape index (κ2) is 6.77. The summed E-state index contributed by atoms with van der Waals surface area (Å²) in [5.74, 6) is 0. The molecule has 0 saturated carbocycles. The van der Waals surface area contributed by atoms with E-state index in [1.54, 1.807) is 18.8 Å². The molecule has 0 aromatic heterocycles. The largest absolute Gasteiger partial charge is 0.366 e. The maximum absolute atomic E-state index is 5.08. The molecule has 0 fully saturated rings. The Morgan fingerprint density at radius 3 is 2.35 bits per heavy atom. The molecule has 4 heteroatoms. The number of anilines is 1. The highest BCUT2D eigenvalue weighted by Gasteiger charge is 2.02. The van der Waals surface area contributed by atoms with E-state index in [-0.39, 0.29) is 0 Å². The first kappa shape index (κ1) is 14.9. The van der Waals surface area contributed by atoms with E-state index in [4.69, 9.17) is 12.2 Å². The van der Waals surface area contributed by atoms with Crippen LogP contribution in [0.1, 0.15) is 11.1 Å². The summed E-state index contributed by atoms with van der Waals surface area (Å²) in [5, 5.41) is 6.63. The van der Waals surface area contributed by atoms with E-state index >= 15 is 0 Å². The fraction of sp³-hybridized carbons (Fsp3) is 0.188. The van der Waals surface area contributed by atoms with Crippen molar-refractivity contribution in [2.75, 3.05) is 12.4 Å². The fourth-order valence-electron chi connectivity index (χ4n) is 1.84. The molecule has 2 aromatic carbocycles. The number of hydrogen-bond acceptors (Lipinski definition) is 2. The quantitative estimate of drug-likeness (QED) is 0.822.